The normalized spacial score (nSPS) is 12.5. The van der Waals surface area contributed by atoms with Gasteiger partial charge in [-0.15, -0.1) is 6.58 Å². The Balaban J connectivity index is 2.27. The fourth-order valence-corrected chi connectivity index (χ4v) is 3.53. The average molecular weight is 342 g/mol. The number of fused-ring (bicyclic) bond motifs is 3. The standard InChI is InChI=1S/C17H17N3O3S/c1-3-9-20-15(21)14-13(10-7-5-6-8-11(10)18-14)19-17(20)24-12(4-2)16(22)23/h3,5-8,12,18H,1,4,9H2,2H3,(H,22,23)/p-1/t12-/m0/s1. The number of hydrogen-bond donors (Lipinski definition) is 1. The third-order valence-electron chi connectivity index (χ3n) is 3.77. The number of hydrogen-bond acceptors (Lipinski definition) is 5. The number of aromatic nitrogens is 3. The molecule has 3 aromatic rings. The lowest BCUT2D eigenvalue weighted by atomic mass is 10.2. The van der Waals surface area contributed by atoms with Crippen LogP contribution in [0.2, 0.25) is 0 Å². The van der Waals surface area contributed by atoms with E-state index in [2.05, 4.69) is 16.5 Å². The second kappa shape index (κ2) is 6.52. The zero-order valence-electron chi connectivity index (χ0n) is 13.1. The fraction of sp³-hybridized carbons (Fsp3) is 0.235. The number of thioether (sulfide) groups is 1. The molecule has 0 bridgehead atoms. The van der Waals surface area contributed by atoms with Crippen molar-refractivity contribution in [2.45, 2.75) is 30.3 Å². The smallest absolute Gasteiger partial charge is 0.278 e. The van der Waals surface area contributed by atoms with Crippen LogP contribution in [0.1, 0.15) is 13.3 Å². The Hall–Kier alpha value is -2.54. The van der Waals surface area contributed by atoms with Crippen molar-refractivity contribution in [1.29, 1.82) is 0 Å². The number of nitrogens with one attached hydrogen (secondary N) is 1. The molecule has 124 valence electrons. The quantitative estimate of drug-likeness (QED) is 0.418. The van der Waals surface area contributed by atoms with Gasteiger partial charge in [0.2, 0.25) is 0 Å². The summed E-state index contributed by atoms with van der Waals surface area (Å²) in [4.78, 5) is 31.7. The van der Waals surface area contributed by atoms with Gasteiger partial charge in [-0.1, -0.05) is 43.0 Å². The topological polar surface area (TPSA) is 90.8 Å². The summed E-state index contributed by atoms with van der Waals surface area (Å²) in [6.45, 7) is 5.67. The largest absolute Gasteiger partial charge is 0.549 e. The third-order valence-corrected chi connectivity index (χ3v) is 5.10. The van der Waals surface area contributed by atoms with E-state index in [-0.39, 0.29) is 12.1 Å². The first kappa shape index (κ1) is 16.3. The van der Waals surface area contributed by atoms with Gasteiger partial charge in [0.1, 0.15) is 11.0 Å². The molecule has 7 heteroatoms. The summed E-state index contributed by atoms with van der Waals surface area (Å²) in [5.74, 6) is -1.17. The Labute approximate surface area is 142 Å². The summed E-state index contributed by atoms with van der Waals surface area (Å²) in [6, 6.07) is 7.49. The lowest BCUT2D eigenvalue weighted by molar-refractivity contribution is -0.304. The molecule has 0 aliphatic rings. The average Bonchev–Trinajstić information content (AvgIpc) is 2.94. The van der Waals surface area contributed by atoms with Crippen molar-refractivity contribution in [1.82, 2.24) is 14.5 Å². The fourth-order valence-electron chi connectivity index (χ4n) is 2.58. The monoisotopic (exact) mass is 342 g/mol. The zero-order valence-corrected chi connectivity index (χ0v) is 13.9. The van der Waals surface area contributed by atoms with Gasteiger partial charge in [-0.05, 0) is 12.5 Å². The van der Waals surface area contributed by atoms with Crippen molar-refractivity contribution in [3.63, 3.8) is 0 Å². The van der Waals surface area contributed by atoms with Crippen LogP contribution in [0.25, 0.3) is 21.9 Å². The van der Waals surface area contributed by atoms with E-state index in [1.165, 1.54) is 4.57 Å². The Morgan fingerprint density at radius 1 is 1.50 bits per heavy atom. The maximum absolute atomic E-state index is 12.8. The first-order valence-corrected chi connectivity index (χ1v) is 8.44. The van der Waals surface area contributed by atoms with Crippen LogP contribution >= 0.6 is 11.8 Å². The SMILES string of the molecule is C=CCn1c(S[C@@H](CC)C(=O)[O-])nc2c([nH]c3ccccc32)c1=O. The molecule has 0 saturated heterocycles. The molecule has 6 nitrogen and oxygen atoms in total. The lowest BCUT2D eigenvalue weighted by Crippen LogP contribution is -2.34. The second-order valence-electron chi connectivity index (χ2n) is 5.33. The van der Waals surface area contributed by atoms with E-state index in [9.17, 15) is 14.7 Å². The van der Waals surface area contributed by atoms with E-state index in [0.717, 1.165) is 22.7 Å². The van der Waals surface area contributed by atoms with E-state index < -0.39 is 11.2 Å². The van der Waals surface area contributed by atoms with Crippen molar-refractivity contribution in [3.8, 4) is 0 Å². The third kappa shape index (κ3) is 2.71. The molecular formula is C17H16N3O3S-. The van der Waals surface area contributed by atoms with E-state index in [1.54, 1.807) is 13.0 Å². The second-order valence-corrected chi connectivity index (χ2v) is 6.50. The highest BCUT2D eigenvalue weighted by molar-refractivity contribution is 8.00. The molecule has 0 unspecified atom stereocenters. The molecule has 0 radical (unpaired) electrons. The van der Waals surface area contributed by atoms with E-state index >= 15 is 0 Å². The molecule has 0 saturated carbocycles. The minimum Gasteiger partial charge on any atom is -0.549 e. The number of aromatic amines is 1. The molecule has 0 aliphatic heterocycles. The molecule has 1 atom stereocenters. The van der Waals surface area contributed by atoms with E-state index in [1.807, 2.05) is 24.3 Å². The maximum Gasteiger partial charge on any atom is 0.278 e. The van der Waals surface area contributed by atoms with Gasteiger partial charge in [-0.3, -0.25) is 9.36 Å². The van der Waals surface area contributed by atoms with Gasteiger partial charge < -0.3 is 14.9 Å². The van der Waals surface area contributed by atoms with Crippen LogP contribution in [-0.4, -0.2) is 25.8 Å². The highest BCUT2D eigenvalue weighted by atomic mass is 32.2. The first-order chi connectivity index (χ1) is 11.6. The molecule has 0 amide bonds. The van der Waals surface area contributed by atoms with Crippen molar-refractivity contribution >= 4 is 39.7 Å². The first-order valence-electron chi connectivity index (χ1n) is 7.56. The molecule has 2 heterocycles. The van der Waals surface area contributed by atoms with Gasteiger partial charge in [0.05, 0.1) is 11.2 Å². The lowest BCUT2D eigenvalue weighted by Gasteiger charge is -2.17. The van der Waals surface area contributed by atoms with Crippen molar-refractivity contribution in [2.75, 3.05) is 0 Å². The Morgan fingerprint density at radius 3 is 2.92 bits per heavy atom. The van der Waals surface area contributed by atoms with Gasteiger partial charge in [0.25, 0.3) is 5.56 Å². The molecule has 24 heavy (non-hydrogen) atoms. The van der Waals surface area contributed by atoms with Crippen LogP contribution in [0, 0.1) is 0 Å². The van der Waals surface area contributed by atoms with Gasteiger partial charge in [0, 0.05) is 17.4 Å². The molecule has 2 aromatic heterocycles. The Kier molecular flexibility index (Phi) is 4.44. The number of carbonyl (C=O) groups is 1. The summed E-state index contributed by atoms with van der Waals surface area (Å²) >= 11 is 1.03. The summed E-state index contributed by atoms with van der Waals surface area (Å²) in [7, 11) is 0. The molecular weight excluding hydrogens is 326 g/mol. The van der Waals surface area contributed by atoms with Crippen LogP contribution < -0.4 is 10.7 Å². The van der Waals surface area contributed by atoms with Crippen LogP contribution in [-0.2, 0) is 11.3 Å². The number of H-pyrrole nitrogens is 1. The number of aliphatic carboxylic acids is 1. The van der Waals surface area contributed by atoms with Crippen LogP contribution in [0.4, 0.5) is 0 Å². The summed E-state index contributed by atoms with van der Waals surface area (Å²) in [5, 5.41) is 11.7. The van der Waals surface area contributed by atoms with Gasteiger partial charge in [-0.25, -0.2) is 4.98 Å². The summed E-state index contributed by atoms with van der Waals surface area (Å²) < 4.78 is 1.43. The molecule has 0 fully saturated rings. The molecule has 1 N–H and O–H groups in total. The van der Waals surface area contributed by atoms with Crippen LogP contribution in [0.3, 0.4) is 0 Å². The highest BCUT2D eigenvalue weighted by Crippen LogP contribution is 2.27. The number of nitrogens with zero attached hydrogens (tertiary/aromatic N) is 2. The minimum absolute atomic E-state index is 0.244. The minimum atomic E-state index is -1.17. The number of carboxylic acid groups (broad SMARTS) is 1. The summed E-state index contributed by atoms with van der Waals surface area (Å²) in [6.07, 6.45) is 1.96. The number of allylic oxidation sites excluding steroid dienone is 1. The van der Waals surface area contributed by atoms with Gasteiger partial charge in [0.15, 0.2) is 5.16 Å². The van der Waals surface area contributed by atoms with E-state index in [0.29, 0.717) is 22.6 Å². The van der Waals surface area contributed by atoms with Gasteiger partial charge in [-0.2, -0.15) is 0 Å². The maximum atomic E-state index is 12.8. The summed E-state index contributed by atoms with van der Waals surface area (Å²) in [5.41, 5.74) is 1.53. The number of benzene rings is 1. The number of carbonyl (C=O) groups excluding carboxylic acids is 1. The number of para-hydroxylation sites is 1. The number of carboxylic acids is 1. The van der Waals surface area contributed by atoms with Crippen LogP contribution in [0.5, 0.6) is 0 Å². The van der Waals surface area contributed by atoms with Crippen molar-refractivity contribution < 1.29 is 9.90 Å². The van der Waals surface area contributed by atoms with Crippen molar-refractivity contribution in [2.24, 2.45) is 0 Å². The zero-order chi connectivity index (χ0) is 17.3. The highest BCUT2D eigenvalue weighted by Gasteiger charge is 2.18. The van der Waals surface area contributed by atoms with Crippen molar-refractivity contribution in [3.05, 3.63) is 47.3 Å². The Bertz CT molecular complexity index is 990. The molecule has 0 aliphatic carbocycles. The Morgan fingerprint density at radius 2 is 2.25 bits per heavy atom. The number of rotatable bonds is 6. The predicted molar refractivity (Wildman–Crippen MR) is 93.0 cm³/mol. The predicted octanol–water partition coefficient (Wildman–Crippen LogP) is 1.68. The molecule has 0 spiro atoms. The van der Waals surface area contributed by atoms with E-state index in [4.69, 9.17) is 0 Å². The molecule has 3 rings (SSSR count). The van der Waals surface area contributed by atoms with Gasteiger partial charge >= 0.3 is 0 Å². The van der Waals surface area contributed by atoms with Crippen LogP contribution in [0.15, 0.2) is 46.9 Å². The molecule has 1 aromatic carbocycles.